The largest absolute Gasteiger partial charge is 0.290 e. The fourth-order valence-electron chi connectivity index (χ4n) is 3.18. The van der Waals surface area contributed by atoms with E-state index >= 15 is 0 Å². The summed E-state index contributed by atoms with van der Waals surface area (Å²) < 4.78 is 15.2. The average molecular weight is 381 g/mol. The Hall–Kier alpha value is -4.06. The molecule has 1 N–H and O–H groups in total. The van der Waals surface area contributed by atoms with Gasteiger partial charge in [0.1, 0.15) is 11.5 Å². The Balaban J connectivity index is 1.66. The second-order valence-electron chi connectivity index (χ2n) is 6.56. The third kappa shape index (κ3) is 3.32. The molecule has 0 saturated heterocycles. The van der Waals surface area contributed by atoms with Gasteiger partial charge in [-0.1, -0.05) is 48.5 Å². The zero-order valence-electron chi connectivity index (χ0n) is 15.3. The second kappa shape index (κ2) is 7.16. The molecule has 0 fully saturated rings. The van der Waals surface area contributed by atoms with Crippen LogP contribution in [0.3, 0.4) is 0 Å². The van der Waals surface area contributed by atoms with Crippen molar-refractivity contribution in [2.45, 2.75) is 0 Å². The number of azo groups is 1. The second-order valence-corrected chi connectivity index (χ2v) is 6.56. The lowest BCUT2D eigenvalue weighted by Crippen LogP contribution is -1.86. The maximum atomic E-state index is 13.4. The molecular formula is C23H16FN5. The zero-order valence-corrected chi connectivity index (χ0v) is 15.3. The summed E-state index contributed by atoms with van der Waals surface area (Å²) in [7, 11) is 0. The Morgan fingerprint density at radius 1 is 0.759 bits per heavy atom. The number of fused-ring (bicyclic) bond motifs is 1. The molecule has 0 radical (unpaired) electrons. The van der Waals surface area contributed by atoms with Gasteiger partial charge in [-0.3, -0.25) is 5.10 Å². The van der Waals surface area contributed by atoms with Gasteiger partial charge in [0.05, 0.1) is 11.4 Å². The SMILES string of the molecule is Fc1ccc(-c2nc3cc(-c4ccccc4)[nH]n3c2N=Nc2ccccc2)cc1. The van der Waals surface area contributed by atoms with Gasteiger partial charge in [0, 0.05) is 11.6 Å². The lowest BCUT2D eigenvalue weighted by Gasteiger charge is -2.01. The Labute approximate surface area is 166 Å². The van der Waals surface area contributed by atoms with E-state index < -0.39 is 0 Å². The van der Waals surface area contributed by atoms with E-state index in [0.717, 1.165) is 22.5 Å². The monoisotopic (exact) mass is 381 g/mol. The molecule has 3 aromatic carbocycles. The smallest absolute Gasteiger partial charge is 0.202 e. The fourth-order valence-corrected chi connectivity index (χ4v) is 3.18. The molecule has 2 heterocycles. The maximum absolute atomic E-state index is 13.4. The first-order valence-corrected chi connectivity index (χ1v) is 9.17. The van der Waals surface area contributed by atoms with Crippen molar-refractivity contribution in [2.75, 3.05) is 0 Å². The van der Waals surface area contributed by atoms with Gasteiger partial charge >= 0.3 is 0 Å². The molecule has 0 aliphatic carbocycles. The van der Waals surface area contributed by atoms with Crippen LogP contribution in [0.5, 0.6) is 0 Å². The molecule has 0 spiro atoms. The number of hydrogen-bond donors (Lipinski definition) is 1. The number of nitrogens with zero attached hydrogens (tertiary/aromatic N) is 4. The van der Waals surface area contributed by atoms with Gasteiger partial charge in [-0.05, 0) is 42.0 Å². The number of H-pyrrole nitrogens is 1. The molecule has 6 heteroatoms. The van der Waals surface area contributed by atoms with Gasteiger partial charge < -0.3 is 0 Å². The molecule has 29 heavy (non-hydrogen) atoms. The quantitative estimate of drug-likeness (QED) is 0.353. The number of rotatable bonds is 4. The van der Waals surface area contributed by atoms with Crippen molar-refractivity contribution in [1.82, 2.24) is 14.6 Å². The maximum Gasteiger partial charge on any atom is 0.202 e. The van der Waals surface area contributed by atoms with Gasteiger partial charge in [0.15, 0.2) is 5.65 Å². The van der Waals surface area contributed by atoms with E-state index in [1.165, 1.54) is 12.1 Å². The summed E-state index contributed by atoms with van der Waals surface area (Å²) in [5.41, 5.74) is 4.83. The minimum absolute atomic E-state index is 0.294. The van der Waals surface area contributed by atoms with Crippen LogP contribution >= 0.6 is 0 Å². The molecule has 0 atom stereocenters. The van der Waals surface area contributed by atoms with Gasteiger partial charge in [-0.25, -0.2) is 13.9 Å². The summed E-state index contributed by atoms with van der Waals surface area (Å²) in [5.74, 6) is 0.259. The first-order chi connectivity index (χ1) is 14.3. The molecule has 5 nitrogen and oxygen atoms in total. The van der Waals surface area contributed by atoms with Gasteiger partial charge in [0.2, 0.25) is 5.82 Å². The highest BCUT2D eigenvalue weighted by atomic mass is 19.1. The van der Waals surface area contributed by atoms with E-state index in [0.29, 0.717) is 17.2 Å². The Morgan fingerprint density at radius 3 is 2.17 bits per heavy atom. The van der Waals surface area contributed by atoms with Gasteiger partial charge in [0.25, 0.3) is 0 Å². The van der Waals surface area contributed by atoms with Crippen LogP contribution in [0.4, 0.5) is 15.9 Å². The number of hydrogen-bond acceptors (Lipinski definition) is 3. The molecule has 5 aromatic rings. The first kappa shape index (κ1) is 17.1. The molecule has 0 aliphatic heterocycles. The lowest BCUT2D eigenvalue weighted by atomic mass is 10.1. The van der Waals surface area contributed by atoms with E-state index in [1.54, 1.807) is 16.6 Å². The van der Waals surface area contributed by atoms with Crippen LogP contribution in [0, 0.1) is 5.82 Å². The molecule has 0 saturated carbocycles. The molecule has 0 bridgehead atoms. The number of aromatic amines is 1. The van der Waals surface area contributed by atoms with E-state index in [9.17, 15) is 4.39 Å². The molecule has 0 aliphatic rings. The summed E-state index contributed by atoms with van der Waals surface area (Å²) >= 11 is 0. The summed E-state index contributed by atoms with van der Waals surface area (Å²) in [6.07, 6.45) is 0. The predicted molar refractivity (Wildman–Crippen MR) is 111 cm³/mol. The van der Waals surface area contributed by atoms with Crippen molar-refractivity contribution >= 4 is 17.2 Å². The molecule has 0 unspecified atom stereocenters. The van der Waals surface area contributed by atoms with E-state index in [1.807, 2.05) is 66.7 Å². The van der Waals surface area contributed by atoms with Crippen LogP contribution in [0.25, 0.3) is 28.2 Å². The zero-order chi connectivity index (χ0) is 19.6. The van der Waals surface area contributed by atoms with Crippen molar-refractivity contribution < 1.29 is 4.39 Å². The predicted octanol–water partition coefficient (Wildman–Crippen LogP) is 6.55. The minimum atomic E-state index is -0.294. The van der Waals surface area contributed by atoms with Crippen LogP contribution in [-0.2, 0) is 0 Å². The normalized spacial score (nSPS) is 11.5. The van der Waals surface area contributed by atoms with Crippen molar-refractivity contribution in [3.63, 3.8) is 0 Å². The van der Waals surface area contributed by atoms with Crippen molar-refractivity contribution in [3.8, 4) is 22.5 Å². The lowest BCUT2D eigenvalue weighted by molar-refractivity contribution is 0.628. The number of halogens is 1. The van der Waals surface area contributed by atoms with E-state index in [2.05, 4.69) is 15.3 Å². The number of nitrogens with one attached hydrogen (secondary N) is 1. The van der Waals surface area contributed by atoms with Crippen LogP contribution in [0.1, 0.15) is 0 Å². The topological polar surface area (TPSA) is 57.8 Å². The minimum Gasteiger partial charge on any atom is -0.290 e. The summed E-state index contributed by atoms with van der Waals surface area (Å²) in [6.45, 7) is 0. The van der Waals surface area contributed by atoms with E-state index in [-0.39, 0.29) is 5.82 Å². The first-order valence-electron chi connectivity index (χ1n) is 9.17. The third-order valence-corrected chi connectivity index (χ3v) is 4.60. The van der Waals surface area contributed by atoms with Crippen molar-refractivity contribution in [1.29, 1.82) is 0 Å². The average Bonchev–Trinajstić information content (AvgIpc) is 3.33. The summed E-state index contributed by atoms with van der Waals surface area (Å²) in [6, 6.07) is 27.7. The highest BCUT2D eigenvalue weighted by molar-refractivity contribution is 5.76. The van der Waals surface area contributed by atoms with E-state index in [4.69, 9.17) is 4.98 Å². The van der Waals surface area contributed by atoms with Gasteiger partial charge in [-0.15, -0.1) is 10.2 Å². The third-order valence-electron chi connectivity index (χ3n) is 4.60. The highest BCUT2D eigenvalue weighted by Crippen LogP contribution is 2.33. The van der Waals surface area contributed by atoms with Crippen LogP contribution in [-0.4, -0.2) is 14.6 Å². The molecule has 0 amide bonds. The van der Waals surface area contributed by atoms with Crippen molar-refractivity contribution in [3.05, 3.63) is 96.8 Å². The highest BCUT2D eigenvalue weighted by Gasteiger charge is 2.17. The molecule has 140 valence electrons. The number of aromatic nitrogens is 3. The number of imidazole rings is 1. The Morgan fingerprint density at radius 2 is 1.45 bits per heavy atom. The van der Waals surface area contributed by atoms with Crippen LogP contribution < -0.4 is 0 Å². The van der Waals surface area contributed by atoms with Crippen LogP contribution in [0.15, 0.2) is 101 Å². The Bertz CT molecular complexity index is 1290. The Kier molecular flexibility index (Phi) is 4.22. The molecule has 2 aromatic heterocycles. The molecular weight excluding hydrogens is 365 g/mol. The summed E-state index contributed by atoms with van der Waals surface area (Å²) in [4.78, 5) is 4.73. The standard InChI is InChI=1S/C23H16FN5/c24-18-13-11-17(12-14-18)22-23(27-26-19-9-5-2-6-10-19)29-21(25-22)15-20(28-29)16-7-3-1-4-8-16/h1-15,28H. The number of benzene rings is 3. The fraction of sp³-hybridized carbons (Fsp3) is 0. The summed E-state index contributed by atoms with van der Waals surface area (Å²) in [5, 5.41) is 12.2. The van der Waals surface area contributed by atoms with Crippen molar-refractivity contribution in [2.24, 2.45) is 10.2 Å². The van der Waals surface area contributed by atoms with Crippen LogP contribution in [0.2, 0.25) is 0 Å². The molecule has 5 rings (SSSR count). The van der Waals surface area contributed by atoms with Gasteiger partial charge in [-0.2, -0.15) is 0 Å².